The van der Waals surface area contributed by atoms with Gasteiger partial charge in [-0.1, -0.05) is 19.3 Å². The molecule has 0 saturated heterocycles. The van der Waals surface area contributed by atoms with E-state index in [-0.39, 0.29) is 5.54 Å². The van der Waals surface area contributed by atoms with Gasteiger partial charge in [-0.3, -0.25) is 0 Å². The zero-order valence-corrected chi connectivity index (χ0v) is 12.8. The minimum atomic E-state index is 0.211. The number of hydrogen-bond donors (Lipinski definition) is 1. The molecule has 1 N–H and O–H groups in total. The summed E-state index contributed by atoms with van der Waals surface area (Å²) in [7, 11) is 0. The molecule has 0 atom stereocenters. The van der Waals surface area contributed by atoms with Crippen molar-refractivity contribution in [1.29, 1.82) is 0 Å². The fourth-order valence-corrected chi connectivity index (χ4v) is 3.57. The van der Waals surface area contributed by atoms with Gasteiger partial charge < -0.3 is 5.32 Å². The molecule has 0 radical (unpaired) electrons. The lowest BCUT2D eigenvalue weighted by Gasteiger charge is -2.20. The topological polar surface area (TPSA) is 24.9 Å². The molecule has 1 aliphatic rings. The summed E-state index contributed by atoms with van der Waals surface area (Å²) in [5.41, 5.74) is 1.49. The highest BCUT2D eigenvalue weighted by molar-refractivity contribution is 7.09. The molecule has 102 valence electrons. The van der Waals surface area contributed by atoms with E-state index in [9.17, 15) is 0 Å². The highest BCUT2D eigenvalue weighted by Gasteiger charge is 2.18. The van der Waals surface area contributed by atoms with Crippen LogP contribution in [0.5, 0.6) is 0 Å². The van der Waals surface area contributed by atoms with Gasteiger partial charge in [0.2, 0.25) is 0 Å². The van der Waals surface area contributed by atoms with Crippen LogP contribution in [0.2, 0.25) is 0 Å². The first-order valence-electron chi connectivity index (χ1n) is 7.24. The molecular weight excluding hydrogens is 240 g/mol. The Morgan fingerprint density at radius 3 is 2.67 bits per heavy atom. The number of rotatable bonds is 4. The number of nitrogens with zero attached hydrogens (tertiary/aromatic N) is 1. The van der Waals surface area contributed by atoms with Crippen molar-refractivity contribution in [3.63, 3.8) is 0 Å². The maximum absolute atomic E-state index is 4.83. The summed E-state index contributed by atoms with van der Waals surface area (Å²) in [5.74, 6) is 0.757. The maximum Gasteiger partial charge on any atom is 0.0959 e. The molecule has 1 heterocycles. The predicted octanol–water partition coefficient (Wildman–Crippen LogP) is 4.12. The highest BCUT2D eigenvalue weighted by atomic mass is 32.1. The normalized spacial score (nSPS) is 18.2. The van der Waals surface area contributed by atoms with Crippen LogP contribution in [0.15, 0.2) is 5.38 Å². The van der Waals surface area contributed by atoms with Crippen LogP contribution in [-0.4, -0.2) is 17.1 Å². The number of nitrogens with one attached hydrogen (secondary N) is 1. The van der Waals surface area contributed by atoms with Gasteiger partial charge in [0.05, 0.1) is 10.7 Å². The average Bonchev–Trinajstić information content (AvgIpc) is 2.77. The Balaban J connectivity index is 1.82. The van der Waals surface area contributed by atoms with Crippen molar-refractivity contribution < 1.29 is 0 Å². The second-order valence-electron chi connectivity index (χ2n) is 6.44. The van der Waals surface area contributed by atoms with E-state index in [1.54, 1.807) is 0 Å². The molecule has 0 bridgehead atoms. The first-order valence-corrected chi connectivity index (χ1v) is 8.12. The van der Waals surface area contributed by atoms with E-state index in [1.807, 2.05) is 11.3 Å². The summed E-state index contributed by atoms with van der Waals surface area (Å²) in [6.45, 7) is 7.65. The molecule has 0 unspecified atom stereocenters. The van der Waals surface area contributed by atoms with Gasteiger partial charge in [-0.25, -0.2) is 4.98 Å². The van der Waals surface area contributed by atoms with E-state index in [0.717, 1.165) is 18.9 Å². The van der Waals surface area contributed by atoms with Gasteiger partial charge in [-0.2, -0.15) is 0 Å². The minimum Gasteiger partial charge on any atom is -0.312 e. The van der Waals surface area contributed by atoms with E-state index in [1.165, 1.54) is 42.8 Å². The lowest BCUT2D eigenvalue weighted by atomic mass is 9.90. The quantitative estimate of drug-likeness (QED) is 0.886. The van der Waals surface area contributed by atoms with Crippen molar-refractivity contribution in [1.82, 2.24) is 10.3 Å². The highest BCUT2D eigenvalue weighted by Crippen LogP contribution is 2.34. The molecule has 1 saturated carbocycles. The van der Waals surface area contributed by atoms with Crippen LogP contribution in [0.3, 0.4) is 0 Å². The fraction of sp³-hybridized carbons (Fsp3) is 0.800. The van der Waals surface area contributed by atoms with Crippen molar-refractivity contribution in [2.45, 2.75) is 70.8 Å². The Labute approximate surface area is 115 Å². The Morgan fingerprint density at radius 2 is 2.00 bits per heavy atom. The SMILES string of the molecule is CC(C)(C)NCCc1csc(C2CCCCC2)n1. The Morgan fingerprint density at radius 1 is 1.28 bits per heavy atom. The summed E-state index contributed by atoms with van der Waals surface area (Å²) >= 11 is 1.88. The van der Waals surface area contributed by atoms with Gasteiger partial charge >= 0.3 is 0 Å². The Hall–Kier alpha value is -0.410. The van der Waals surface area contributed by atoms with Crippen LogP contribution < -0.4 is 5.32 Å². The van der Waals surface area contributed by atoms with Crippen molar-refractivity contribution >= 4 is 11.3 Å². The van der Waals surface area contributed by atoms with Crippen molar-refractivity contribution in [3.05, 3.63) is 16.1 Å². The van der Waals surface area contributed by atoms with Crippen LogP contribution in [0.4, 0.5) is 0 Å². The monoisotopic (exact) mass is 266 g/mol. The van der Waals surface area contributed by atoms with Crippen LogP contribution >= 0.6 is 11.3 Å². The number of aromatic nitrogens is 1. The third kappa shape index (κ3) is 4.36. The zero-order chi connectivity index (χ0) is 13.0. The van der Waals surface area contributed by atoms with Crippen molar-refractivity contribution in [2.75, 3.05) is 6.54 Å². The van der Waals surface area contributed by atoms with Gasteiger partial charge in [-0.05, 0) is 33.6 Å². The first kappa shape index (κ1) is 14.0. The minimum absolute atomic E-state index is 0.211. The Bertz CT molecular complexity index is 359. The first-order chi connectivity index (χ1) is 8.54. The summed E-state index contributed by atoms with van der Waals surface area (Å²) in [6, 6.07) is 0. The lowest BCUT2D eigenvalue weighted by Crippen LogP contribution is -2.37. The predicted molar refractivity (Wildman–Crippen MR) is 79.4 cm³/mol. The molecule has 0 spiro atoms. The molecule has 0 aliphatic heterocycles. The Kier molecular flexibility index (Phi) is 4.79. The average molecular weight is 266 g/mol. The summed E-state index contributed by atoms with van der Waals surface area (Å²) < 4.78 is 0. The summed E-state index contributed by atoms with van der Waals surface area (Å²) in [5, 5.41) is 7.17. The van der Waals surface area contributed by atoms with Gasteiger partial charge in [0.15, 0.2) is 0 Å². The van der Waals surface area contributed by atoms with Crippen LogP contribution in [0.25, 0.3) is 0 Å². The summed E-state index contributed by atoms with van der Waals surface area (Å²) in [6.07, 6.45) is 7.97. The second kappa shape index (κ2) is 6.16. The van der Waals surface area contributed by atoms with Crippen LogP contribution in [0, 0.1) is 0 Å². The molecule has 1 aromatic heterocycles. The zero-order valence-electron chi connectivity index (χ0n) is 12.0. The molecule has 3 heteroatoms. The van der Waals surface area contributed by atoms with Gasteiger partial charge in [-0.15, -0.1) is 11.3 Å². The van der Waals surface area contributed by atoms with E-state index in [2.05, 4.69) is 31.5 Å². The van der Waals surface area contributed by atoms with E-state index >= 15 is 0 Å². The molecule has 0 amide bonds. The number of thiazole rings is 1. The smallest absolute Gasteiger partial charge is 0.0959 e. The lowest BCUT2D eigenvalue weighted by molar-refractivity contribution is 0.427. The van der Waals surface area contributed by atoms with Crippen LogP contribution in [-0.2, 0) is 6.42 Å². The number of hydrogen-bond acceptors (Lipinski definition) is 3. The van der Waals surface area contributed by atoms with Crippen LogP contribution in [0.1, 0.15) is 69.5 Å². The molecular formula is C15H26N2S. The standard InChI is InChI=1S/C15H26N2S/c1-15(2,3)16-10-9-13-11-18-14(17-13)12-7-5-4-6-8-12/h11-12,16H,4-10H2,1-3H3. The molecule has 2 nitrogen and oxygen atoms in total. The molecule has 18 heavy (non-hydrogen) atoms. The van der Waals surface area contributed by atoms with Gasteiger partial charge in [0.25, 0.3) is 0 Å². The molecule has 0 aromatic carbocycles. The van der Waals surface area contributed by atoms with E-state index < -0.39 is 0 Å². The largest absolute Gasteiger partial charge is 0.312 e. The van der Waals surface area contributed by atoms with Gasteiger partial charge in [0, 0.05) is 29.8 Å². The second-order valence-corrected chi connectivity index (χ2v) is 7.33. The molecule has 2 rings (SSSR count). The molecule has 1 aliphatic carbocycles. The van der Waals surface area contributed by atoms with Gasteiger partial charge in [0.1, 0.15) is 0 Å². The fourth-order valence-electron chi connectivity index (χ4n) is 2.54. The molecule has 1 aromatic rings. The van der Waals surface area contributed by atoms with Crippen molar-refractivity contribution in [2.24, 2.45) is 0 Å². The molecule has 1 fully saturated rings. The van der Waals surface area contributed by atoms with E-state index in [0.29, 0.717) is 0 Å². The van der Waals surface area contributed by atoms with E-state index in [4.69, 9.17) is 4.98 Å². The maximum atomic E-state index is 4.83. The third-order valence-corrected chi connectivity index (χ3v) is 4.62. The van der Waals surface area contributed by atoms with Crippen molar-refractivity contribution in [3.8, 4) is 0 Å². The third-order valence-electron chi connectivity index (χ3n) is 3.56. The summed E-state index contributed by atoms with van der Waals surface area (Å²) in [4.78, 5) is 4.83.